The number of anilines is 2. The van der Waals surface area contributed by atoms with Crippen molar-refractivity contribution in [1.29, 1.82) is 5.26 Å². The van der Waals surface area contributed by atoms with Crippen molar-refractivity contribution in [1.82, 2.24) is 4.57 Å². The van der Waals surface area contributed by atoms with Gasteiger partial charge in [-0.2, -0.15) is 5.26 Å². The lowest BCUT2D eigenvalue weighted by Gasteiger charge is -2.12. The Morgan fingerprint density at radius 3 is 2.59 bits per heavy atom. The number of nitrogens with zero attached hydrogens (tertiary/aromatic N) is 2. The van der Waals surface area contributed by atoms with Crippen LogP contribution >= 0.6 is 0 Å². The smallest absolute Gasteiger partial charge is 0.323 e. The molecule has 2 aromatic carbocycles. The van der Waals surface area contributed by atoms with Gasteiger partial charge in [-0.15, -0.1) is 0 Å². The summed E-state index contributed by atoms with van der Waals surface area (Å²) < 4.78 is 6.77. The first kappa shape index (κ1) is 19.7. The van der Waals surface area contributed by atoms with Crippen molar-refractivity contribution < 1.29 is 9.53 Å². The van der Waals surface area contributed by atoms with Crippen LogP contribution in [-0.2, 0) is 6.54 Å². The molecular formula is C22H20N4O3. The Bertz CT molecular complexity index is 1130. The van der Waals surface area contributed by atoms with E-state index in [1.54, 1.807) is 48.2 Å². The Kier molecular flexibility index (Phi) is 5.95. The van der Waals surface area contributed by atoms with E-state index in [4.69, 9.17) is 10.00 Å². The highest BCUT2D eigenvalue weighted by Crippen LogP contribution is 2.14. The molecule has 7 heteroatoms. The quantitative estimate of drug-likeness (QED) is 0.696. The molecule has 0 spiro atoms. The van der Waals surface area contributed by atoms with Crippen LogP contribution in [0.5, 0.6) is 5.75 Å². The molecule has 3 aromatic rings. The molecule has 0 fully saturated rings. The van der Waals surface area contributed by atoms with Crippen LogP contribution in [0.1, 0.15) is 16.7 Å². The number of hydrogen-bond acceptors (Lipinski definition) is 4. The van der Waals surface area contributed by atoms with Crippen LogP contribution in [0.2, 0.25) is 0 Å². The normalized spacial score (nSPS) is 10.1. The van der Waals surface area contributed by atoms with E-state index in [2.05, 4.69) is 10.6 Å². The van der Waals surface area contributed by atoms with Crippen LogP contribution in [0.25, 0.3) is 0 Å². The number of carbonyl (C=O) groups excluding carboxylic acids is 1. The third kappa shape index (κ3) is 5.02. The lowest BCUT2D eigenvalue weighted by atomic mass is 10.2. The van der Waals surface area contributed by atoms with Crippen molar-refractivity contribution in [3.05, 3.63) is 87.8 Å². The largest absolute Gasteiger partial charge is 0.497 e. The van der Waals surface area contributed by atoms with Crippen molar-refractivity contribution in [2.24, 2.45) is 0 Å². The maximum Gasteiger partial charge on any atom is 0.323 e. The van der Waals surface area contributed by atoms with Crippen molar-refractivity contribution in [2.45, 2.75) is 13.5 Å². The van der Waals surface area contributed by atoms with Gasteiger partial charge in [-0.3, -0.25) is 4.79 Å². The van der Waals surface area contributed by atoms with Gasteiger partial charge in [-0.05, 0) is 60.5 Å². The lowest BCUT2D eigenvalue weighted by Crippen LogP contribution is -2.28. The van der Waals surface area contributed by atoms with Gasteiger partial charge in [-0.25, -0.2) is 4.79 Å². The van der Waals surface area contributed by atoms with Crippen molar-refractivity contribution in [3.8, 4) is 11.8 Å². The fourth-order valence-electron chi connectivity index (χ4n) is 2.87. The number of hydrogen-bond donors (Lipinski definition) is 2. The molecule has 0 saturated carbocycles. The number of carbonyl (C=O) groups is 1. The number of aryl methyl sites for hydroxylation is 1. The standard InChI is InChI=1S/C22H20N4O3/c1-15-10-20(25-22(28)24-18-8-6-16(12-23)7-9-18)21(27)26(13-15)14-17-4-3-5-19(11-17)29-2/h3-11,13H,14H2,1-2H3,(H2,24,25,28). The summed E-state index contributed by atoms with van der Waals surface area (Å²) in [6.45, 7) is 2.20. The Balaban J connectivity index is 1.78. The predicted octanol–water partition coefficient (Wildman–Crippen LogP) is 3.73. The summed E-state index contributed by atoms with van der Waals surface area (Å²) in [5.41, 5.74) is 2.62. The van der Waals surface area contributed by atoms with E-state index in [9.17, 15) is 9.59 Å². The summed E-state index contributed by atoms with van der Waals surface area (Å²) in [6, 6.07) is 17.0. The van der Waals surface area contributed by atoms with Crippen molar-refractivity contribution in [3.63, 3.8) is 0 Å². The molecule has 3 rings (SSSR count). The van der Waals surface area contributed by atoms with E-state index in [0.717, 1.165) is 11.1 Å². The van der Waals surface area contributed by atoms with Gasteiger partial charge in [0, 0.05) is 11.9 Å². The van der Waals surface area contributed by atoms with E-state index in [1.165, 1.54) is 0 Å². The minimum atomic E-state index is -0.537. The number of nitriles is 1. The van der Waals surface area contributed by atoms with Gasteiger partial charge in [0.05, 0.1) is 25.3 Å². The number of urea groups is 1. The molecule has 2 amide bonds. The summed E-state index contributed by atoms with van der Waals surface area (Å²) in [6.07, 6.45) is 1.74. The number of rotatable bonds is 5. The molecule has 29 heavy (non-hydrogen) atoms. The first-order valence-electron chi connectivity index (χ1n) is 8.90. The zero-order valence-corrected chi connectivity index (χ0v) is 16.1. The van der Waals surface area contributed by atoms with Gasteiger partial charge in [0.15, 0.2) is 0 Å². The van der Waals surface area contributed by atoms with Crippen LogP contribution in [0.4, 0.5) is 16.2 Å². The second-order valence-electron chi connectivity index (χ2n) is 6.48. The zero-order valence-electron chi connectivity index (χ0n) is 16.1. The minimum Gasteiger partial charge on any atom is -0.497 e. The summed E-state index contributed by atoms with van der Waals surface area (Å²) in [4.78, 5) is 25.1. The third-order valence-electron chi connectivity index (χ3n) is 4.23. The first-order valence-corrected chi connectivity index (χ1v) is 8.90. The van der Waals surface area contributed by atoms with Crippen molar-refractivity contribution in [2.75, 3.05) is 17.7 Å². The zero-order chi connectivity index (χ0) is 20.8. The SMILES string of the molecule is COc1cccc(Cn2cc(C)cc(NC(=O)Nc3ccc(C#N)cc3)c2=O)c1. The Morgan fingerprint density at radius 1 is 1.14 bits per heavy atom. The number of pyridine rings is 1. The highest BCUT2D eigenvalue weighted by molar-refractivity contribution is 5.99. The van der Waals surface area contributed by atoms with E-state index < -0.39 is 6.03 Å². The molecule has 0 aliphatic rings. The summed E-state index contributed by atoms with van der Waals surface area (Å²) in [5, 5.41) is 14.1. The van der Waals surface area contributed by atoms with Crippen molar-refractivity contribution >= 4 is 17.4 Å². The number of methoxy groups -OCH3 is 1. The molecular weight excluding hydrogens is 368 g/mol. The molecule has 0 aliphatic carbocycles. The summed E-state index contributed by atoms with van der Waals surface area (Å²) in [7, 11) is 1.59. The average molecular weight is 388 g/mol. The second-order valence-corrected chi connectivity index (χ2v) is 6.48. The highest BCUT2D eigenvalue weighted by Gasteiger charge is 2.10. The number of nitrogens with one attached hydrogen (secondary N) is 2. The highest BCUT2D eigenvalue weighted by atomic mass is 16.5. The molecule has 7 nitrogen and oxygen atoms in total. The summed E-state index contributed by atoms with van der Waals surface area (Å²) in [5.74, 6) is 0.711. The molecule has 146 valence electrons. The number of amides is 2. The molecule has 0 atom stereocenters. The Hall–Kier alpha value is -4.05. The Morgan fingerprint density at radius 2 is 1.90 bits per heavy atom. The Labute approximate surface area is 168 Å². The second kappa shape index (κ2) is 8.76. The van der Waals surface area contributed by atoms with Gasteiger partial charge >= 0.3 is 6.03 Å². The topological polar surface area (TPSA) is 96.2 Å². The number of aromatic nitrogens is 1. The van der Waals surface area contributed by atoms with Gasteiger partial charge in [0.1, 0.15) is 11.4 Å². The van der Waals surface area contributed by atoms with E-state index in [1.807, 2.05) is 37.3 Å². The van der Waals surface area contributed by atoms with Crippen LogP contribution in [-0.4, -0.2) is 17.7 Å². The third-order valence-corrected chi connectivity index (χ3v) is 4.23. The minimum absolute atomic E-state index is 0.180. The molecule has 0 bridgehead atoms. The number of benzene rings is 2. The average Bonchev–Trinajstić information content (AvgIpc) is 2.72. The van der Waals surface area contributed by atoms with E-state index >= 15 is 0 Å². The summed E-state index contributed by atoms with van der Waals surface area (Å²) >= 11 is 0. The maximum atomic E-state index is 12.8. The van der Waals surface area contributed by atoms with E-state index in [-0.39, 0.29) is 11.2 Å². The molecule has 1 heterocycles. The monoisotopic (exact) mass is 388 g/mol. The van der Waals surface area contributed by atoms with Gasteiger partial charge in [0.25, 0.3) is 5.56 Å². The van der Waals surface area contributed by atoms with E-state index in [0.29, 0.717) is 23.5 Å². The first-order chi connectivity index (χ1) is 14.0. The van der Waals surface area contributed by atoms with Gasteiger partial charge in [-0.1, -0.05) is 12.1 Å². The lowest BCUT2D eigenvalue weighted by molar-refractivity contribution is 0.262. The predicted molar refractivity (Wildman–Crippen MR) is 111 cm³/mol. The van der Waals surface area contributed by atoms with Crippen LogP contribution in [0.15, 0.2) is 65.6 Å². The van der Waals surface area contributed by atoms with Gasteiger partial charge in [0.2, 0.25) is 0 Å². The molecule has 0 saturated heterocycles. The van der Waals surface area contributed by atoms with Crippen LogP contribution in [0.3, 0.4) is 0 Å². The van der Waals surface area contributed by atoms with Crippen LogP contribution in [0, 0.1) is 18.3 Å². The molecule has 1 aromatic heterocycles. The maximum absolute atomic E-state index is 12.8. The van der Waals surface area contributed by atoms with Crippen LogP contribution < -0.4 is 20.9 Å². The van der Waals surface area contributed by atoms with Gasteiger partial charge < -0.3 is 19.9 Å². The fraction of sp³-hybridized carbons (Fsp3) is 0.136. The molecule has 2 N–H and O–H groups in total. The molecule has 0 aliphatic heterocycles. The molecule has 0 unspecified atom stereocenters. The number of ether oxygens (including phenoxy) is 1. The fourth-order valence-corrected chi connectivity index (χ4v) is 2.87. The molecule has 0 radical (unpaired) electrons.